The third kappa shape index (κ3) is 4.18. The second kappa shape index (κ2) is 8.02. The first-order valence-corrected chi connectivity index (χ1v) is 9.70. The van der Waals surface area contributed by atoms with Gasteiger partial charge < -0.3 is 14.8 Å². The fourth-order valence-corrected chi connectivity index (χ4v) is 4.49. The van der Waals surface area contributed by atoms with Gasteiger partial charge >= 0.3 is 0 Å². The molecule has 1 N–H and O–H groups in total. The van der Waals surface area contributed by atoms with E-state index in [1.165, 1.54) is 19.3 Å². The van der Waals surface area contributed by atoms with E-state index in [0.717, 1.165) is 44.1 Å². The number of likely N-dealkylation sites (tertiary alicyclic amines) is 1. The van der Waals surface area contributed by atoms with E-state index in [2.05, 4.69) is 9.88 Å². The average molecular weight is 335 g/mol. The lowest BCUT2D eigenvalue weighted by molar-refractivity contribution is 0.0644. The lowest BCUT2D eigenvalue weighted by atomic mass is 10.1. The number of carbonyl (C=O) groups is 1. The standard InChI is InChI=1S/C17H25N3O2S/c21-16-15(6-4-7-18-16)17(22)20-10-5-11-23-13-14(20)12-19-8-2-1-3-9-19/h4,6-7,14H,1-3,5,8-13H2,(H,18,21). The van der Waals surface area contributed by atoms with Gasteiger partial charge in [-0.05, 0) is 50.2 Å². The predicted octanol–water partition coefficient (Wildman–Crippen LogP) is 1.81. The fraction of sp³-hybridized carbons (Fsp3) is 0.647. The average Bonchev–Trinajstić information content (AvgIpc) is 2.81. The quantitative estimate of drug-likeness (QED) is 0.915. The fourth-order valence-electron chi connectivity index (χ4n) is 3.43. The number of thioether (sulfide) groups is 1. The van der Waals surface area contributed by atoms with Crippen molar-refractivity contribution in [1.29, 1.82) is 0 Å². The number of H-pyrrole nitrogens is 1. The molecule has 2 aliphatic heterocycles. The molecule has 126 valence electrons. The molecule has 23 heavy (non-hydrogen) atoms. The van der Waals surface area contributed by atoms with Crippen LogP contribution in [0.1, 0.15) is 36.0 Å². The number of aromatic amines is 1. The minimum atomic E-state index is -0.286. The van der Waals surface area contributed by atoms with Crippen molar-refractivity contribution in [3.05, 3.63) is 34.2 Å². The maximum atomic E-state index is 12.9. The minimum absolute atomic E-state index is 0.114. The second-order valence-electron chi connectivity index (χ2n) is 6.36. The maximum absolute atomic E-state index is 12.9. The summed E-state index contributed by atoms with van der Waals surface area (Å²) < 4.78 is 0. The van der Waals surface area contributed by atoms with Crippen molar-refractivity contribution in [2.24, 2.45) is 0 Å². The number of carbonyl (C=O) groups excluding carboxylic acids is 1. The van der Waals surface area contributed by atoms with Crippen LogP contribution in [-0.2, 0) is 0 Å². The Kier molecular flexibility index (Phi) is 5.78. The van der Waals surface area contributed by atoms with Crippen LogP contribution in [0.3, 0.4) is 0 Å². The summed E-state index contributed by atoms with van der Waals surface area (Å²) in [5.74, 6) is 1.94. The van der Waals surface area contributed by atoms with Crippen LogP contribution in [0.15, 0.2) is 23.1 Å². The van der Waals surface area contributed by atoms with E-state index in [0.29, 0.717) is 0 Å². The highest BCUT2D eigenvalue weighted by molar-refractivity contribution is 7.99. The van der Waals surface area contributed by atoms with Gasteiger partial charge in [0.1, 0.15) is 5.56 Å². The summed E-state index contributed by atoms with van der Waals surface area (Å²) in [7, 11) is 0. The van der Waals surface area contributed by atoms with Gasteiger partial charge in [0.2, 0.25) is 0 Å². The van der Waals surface area contributed by atoms with Gasteiger partial charge in [0, 0.05) is 25.0 Å². The Labute approximate surface area is 141 Å². The third-order valence-corrected chi connectivity index (χ3v) is 5.86. The Bertz CT molecular complexity index is 583. The monoisotopic (exact) mass is 335 g/mol. The number of nitrogens with one attached hydrogen (secondary N) is 1. The summed E-state index contributed by atoms with van der Waals surface area (Å²) in [5.41, 5.74) is -0.0193. The molecule has 0 spiro atoms. The Morgan fingerprint density at radius 2 is 2.04 bits per heavy atom. The first-order valence-electron chi connectivity index (χ1n) is 8.54. The smallest absolute Gasteiger partial charge is 0.260 e. The van der Waals surface area contributed by atoms with E-state index < -0.39 is 0 Å². The van der Waals surface area contributed by atoms with Gasteiger partial charge in [-0.15, -0.1) is 0 Å². The largest absolute Gasteiger partial charge is 0.333 e. The van der Waals surface area contributed by atoms with Crippen LogP contribution in [-0.4, -0.2) is 64.4 Å². The van der Waals surface area contributed by atoms with Gasteiger partial charge in [0.05, 0.1) is 6.04 Å². The van der Waals surface area contributed by atoms with Crippen LogP contribution >= 0.6 is 11.8 Å². The van der Waals surface area contributed by atoms with Crippen LogP contribution in [0.5, 0.6) is 0 Å². The number of nitrogens with zero attached hydrogens (tertiary/aromatic N) is 2. The van der Waals surface area contributed by atoms with Crippen molar-refractivity contribution in [2.45, 2.75) is 31.7 Å². The zero-order chi connectivity index (χ0) is 16.1. The van der Waals surface area contributed by atoms with E-state index in [1.54, 1.807) is 18.3 Å². The molecule has 3 heterocycles. The summed E-state index contributed by atoms with van der Waals surface area (Å²) in [6.45, 7) is 3.95. The van der Waals surface area contributed by atoms with E-state index in [-0.39, 0.29) is 23.1 Å². The summed E-state index contributed by atoms with van der Waals surface area (Å²) in [4.78, 5) is 31.9. The highest BCUT2D eigenvalue weighted by atomic mass is 32.2. The molecular formula is C17H25N3O2S. The Morgan fingerprint density at radius 3 is 2.83 bits per heavy atom. The lowest BCUT2D eigenvalue weighted by Gasteiger charge is -2.35. The lowest BCUT2D eigenvalue weighted by Crippen LogP contribution is -2.50. The van der Waals surface area contributed by atoms with E-state index >= 15 is 0 Å². The molecule has 2 aliphatic rings. The second-order valence-corrected chi connectivity index (χ2v) is 7.50. The minimum Gasteiger partial charge on any atom is -0.333 e. The molecule has 2 fully saturated rings. The zero-order valence-electron chi connectivity index (χ0n) is 13.5. The van der Waals surface area contributed by atoms with Crippen LogP contribution < -0.4 is 5.56 Å². The molecule has 2 saturated heterocycles. The molecule has 0 radical (unpaired) electrons. The van der Waals surface area contributed by atoms with Gasteiger partial charge in [-0.2, -0.15) is 11.8 Å². The molecule has 0 saturated carbocycles. The highest BCUT2D eigenvalue weighted by Crippen LogP contribution is 2.20. The van der Waals surface area contributed by atoms with Crippen molar-refractivity contribution in [1.82, 2.24) is 14.8 Å². The van der Waals surface area contributed by atoms with E-state index in [9.17, 15) is 9.59 Å². The predicted molar refractivity (Wildman–Crippen MR) is 94.1 cm³/mol. The summed E-state index contributed by atoms with van der Waals surface area (Å²) in [6.07, 6.45) is 6.40. The molecule has 0 aromatic carbocycles. The zero-order valence-corrected chi connectivity index (χ0v) is 14.3. The first kappa shape index (κ1) is 16.6. The number of hydrogen-bond acceptors (Lipinski definition) is 4. The topological polar surface area (TPSA) is 56.4 Å². The molecule has 1 unspecified atom stereocenters. The van der Waals surface area contributed by atoms with Gasteiger partial charge in [-0.1, -0.05) is 6.42 Å². The van der Waals surface area contributed by atoms with Gasteiger partial charge in [-0.25, -0.2) is 0 Å². The van der Waals surface area contributed by atoms with Gasteiger partial charge in [0.15, 0.2) is 0 Å². The van der Waals surface area contributed by atoms with Crippen molar-refractivity contribution in [3.8, 4) is 0 Å². The molecule has 6 heteroatoms. The third-order valence-electron chi connectivity index (χ3n) is 4.67. The molecule has 3 rings (SSSR count). The summed E-state index contributed by atoms with van der Waals surface area (Å²) >= 11 is 1.93. The summed E-state index contributed by atoms with van der Waals surface area (Å²) in [6, 6.07) is 3.56. The Balaban J connectivity index is 1.76. The number of aromatic nitrogens is 1. The van der Waals surface area contributed by atoms with Crippen LogP contribution in [0.4, 0.5) is 0 Å². The van der Waals surface area contributed by atoms with E-state index in [4.69, 9.17) is 0 Å². The molecule has 1 aromatic rings. The van der Waals surface area contributed by atoms with Crippen molar-refractivity contribution in [3.63, 3.8) is 0 Å². The number of rotatable bonds is 3. The van der Waals surface area contributed by atoms with Gasteiger partial charge in [0.25, 0.3) is 11.5 Å². The van der Waals surface area contributed by atoms with E-state index in [1.807, 2.05) is 16.7 Å². The number of piperidine rings is 1. The maximum Gasteiger partial charge on any atom is 0.260 e. The van der Waals surface area contributed by atoms with Crippen LogP contribution in [0.25, 0.3) is 0 Å². The van der Waals surface area contributed by atoms with Crippen molar-refractivity contribution < 1.29 is 4.79 Å². The normalized spacial score (nSPS) is 23.5. The van der Waals surface area contributed by atoms with Crippen molar-refractivity contribution in [2.75, 3.05) is 37.7 Å². The molecule has 1 atom stereocenters. The molecule has 1 aromatic heterocycles. The number of pyridine rings is 1. The SMILES string of the molecule is O=C(c1ccc[nH]c1=O)N1CCCSCC1CN1CCCCC1. The summed E-state index contributed by atoms with van der Waals surface area (Å²) in [5, 5.41) is 0. The Morgan fingerprint density at radius 1 is 1.22 bits per heavy atom. The Hall–Kier alpha value is -1.27. The van der Waals surface area contributed by atoms with Crippen LogP contribution in [0.2, 0.25) is 0 Å². The number of hydrogen-bond donors (Lipinski definition) is 1. The molecule has 5 nitrogen and oxygen atoms in total. The van der Waals surface area contributed by atoms with Crippen molar-refractivity contribution >= 4 is 17.7 Å². The molecule has 0 bridgehead atoms. The van der Waals surface area contributed by atoms with Crippen LogP contribution in [0, 0.1) is 0 Å². The first-order chi connectivity index (χ1) is 11.3. The molecule has 0 aliphatic carbocycles. The van der Waals surface area contributed by atoms with Gasteiger partial charge in [-0.3, -0.25) is 9.59 Å². The number of amides is 1. The highest BCUT2D eigenvalue weighted by Gasteiger charge is 2.29. The molecule has 1 amide bonds. The molecular weight excluding hydrogens is 310 g/mol.